The second-order valence-corrected chi connectivity index (χ2v) is 4.99. The molecule has 0 aromatic heterocycles. The van der Waals surface area contributed by atoms with Crippen LogP contribution < -0.4 is 0 Å². The van der Waals surface area contributed by atoms with Crippen molar-refractivity contribution < 1.29 is 4.74 Å². The third-order valence-electron chi connectivity index (χ3n) is 4.55. The van der Waals surface area contributed by atoms with Crippen molar-refractivity contribution in [1.82, 2.24) is 0 Å². The van der Waals surface area contributed by atoms with Gasteiger partial charge in [0.2, 0.25) is 0 Å². The van der Waals surface area contributed by atoms with Gasteiger partial charge in [0.05, 0.1) is 13.4 Å². The molecule has 0 aliphatic heterocycles. The Kier molecular flexibility index (Phi) is 1.68. The van der Waals surface area contributed by atoms with Gasteiger partial charge < -0.3 is 4.74 Å². The molecule has 3 aliphatic carbocycles. The van der Waals surface area contributed by atoms with Crippen molar-refractivity contribution in [3.8, 4) is 0 Å². The van der Waals surface area contributed by atoms with Crippen LogP contribution in [0.2, 0.25) is 0 Å². The monoisotopic (exact) mass is 178 g/mol. The maximum Gasteiger partial charge on any atom is 0.0819 e. The number of rotatable bonds is 1. The van der Waals surface area contributed by atoms with Gasteiger partial charge >= 0.3 is 0 Å². The minimum atomic E-state index is 0.929. The number of hydrogen-bond donors (Lipinski definition) is 0. The lowest BCUT2D eigenvalue weighted by Gasteiger charge is -2.24. The quantitative estimate of drug-likeness (QED) is 0.561. The van der Waals surface area contributed by atoms with E-state index in [-0.39, 0.29) is 0 Å². The zero-order chi connectivity index (χ0) is 8.84. The third kappa shape index (κ3) is 0.992. The molecule has 72 valence electrons. The summed E-state index contributed by atoms with van der Waals surface area (Å²) in [4.78, 5) is 0. The van der Waals surface area contributed by atoms with Crippen LogP contribution in [-0.4, -0.2) is 7.11 Å². The molecule has 3 rings (SSSR count). The predicted octanol–water partition coefficient (Wildman–Crippen LogP) is 2.97. The predicted molar refractivity (Wildman–Crippen MR) is 52.1 cm³/mol. The zero-order valence-corrected chi connectivity index (χ0v) is 8.33. The summed E-state index contributed by atoms with van der Waals surface area (Å²) in [6.07, 6.45) is 9.33. The van der Waals surface area contributed by atoms with Crippen molar-refractivity contribution in [3.05, 3.63) is 11.8 Å². The molecule has 0 spiro atoms. The fraction of sp³-hybridized carbons (Fsp3) is 0.833. The number of hydrogen-bond acceptors (Lipinski definition) is 1. The van der Waals surface area contributed by atoms with Crippen LogP contribution in [-0.2, 0) is 4.74 Å². The third-order valence-corrected chi connectivity index (χ3v) is 4.55. The van der Waals surface area contributed by atoms with E-state index in [4.69, 9.17) is 4.74 Å². The maximum absolute atomic E-state index is 5.18. The lowest BCUT2D eigenvalue weighted by Crippen LogP contribution is -2.17. The average molecular weight is 178 g/mol. The van der Waals surface area contributed by atoms with Crippen LogP contribution in [0.5, 0.6) is 0 Å². The second-order valence-electron chi connectivity index (χ2n) is 4.99. The summed E-state index contributed by atoms with van der Waals surface area (Å²) >= 11 is 0. The Balaban J connectivity index is 1.87. The fourth-order valence-corrected chi connectivity index (χ4v) is 4.19. The molecule has 4 atom stereocenters. The second kappa shape index (κ2) is 2.76. The van der Waals surface area contributed by atoms with Crippen LogP contribution in [0.15, 0.2) is 11.8 Å². The van der Waals surface area contributed by atoms with E-state index in [2.05, 4.69) is 0 Å². The van der Waals surface area contributed by atoms with Crippen LogP contribution in [0, 0.1) is 23.7 Å². The SMILES string of the molecule is CO/C=C1/CC[C@H]2[C@@H]3CC[C@@H](C3)[C@@H]12. The molecule has 0 N–H and O–H groups in total. The van der Waals surface area contributed by atoms with Crippen LogP contribution in [0.3, 0.4) is 0 Å². The molecule has 2 bridgehead atoms. The average Bonchev–Trinajstić information content (AvgIpc) is 2.74. The van der Waals surface area contributed by atoms with Crippen molar-refractivity contribution in [3.63, 3.8) is 0 Å². The van der Waals surface area contributed by atoms with E-state index >= 15 is 0 Å². The molecule has 1 nitrogen and oxygen atoms in total. The van der Waals surface area contributed by atoms with Gasteiger partial charge in [-0.25, -0.2) is 0 Å². The van der Waals surface area contributed by atoms with Crippen molar-refractivity contribution in [2.45, 2.75) is 32.1 Å². The molecule has 0 aromatic carbocycles. The van der Waals surface area contributed by atoms with Crippen LogP contribution in [0.25, 0.3) is 0 Å². The largest absolute Gasteiger partial charge is 0.504 e. The van der Waals surface area contributed by atoms with Crippen LogP contribution in [0.4, 0.5) is 0 Å². The first-order chi connectivity index (χ1) is 6.40. The fourth-order valence-electron chi connectivity index (χ4n) is 4.19. The Morgan fingerprint density at radius 3 is 2.92 bits per heavy atom. The van der Waals surface area contributed by atoms with Gasteiger partial charge in [-0.15, -0.1) is 0 Å². The molecule has 0 amide bonds. The first kappa shape index (κ1) is 7.90. The lowest BCUT2D eigenvalue weighted by atomic mass is 9.80. The molecule has 0 aromatic rings. The number of allylic oxidation sites excluding steroid dienone is 1. The van der Waals surface area contributed by atoms with Crippen molar-refractivity contribution >= 4 is 0 Å². The Labute approximate surface area is 80.2 Å². The van der Waals surface area contributed by atoms with Gasteiger partial charge in [0.25, 0.3) is 0 Å². The molecule has 0 heterocycles. The first-order valence-electron chi connectivity index (χ1n) is 5.62. The van der Waals surface area contributed by atoms with Gasteiger partial charge in [0.15, 0.2) is 0 Å². The minimum Gasteiger partial charge on any atom is -0.504 e. The highest BCUT2D eigenvalue weighted by Gasteiger charge is 2.51. The zero-order valence-electron chi connectivity index (χ0n) is 8.33. The molecule has 1 heteroatoms. The summed E-state index contributed by atoms with van der Waals surface area (Å²) in [7, 11) is 1.79. The molecule has 0 radical (unpaired) electrons. The normalized spacial score (nSPS) is 50.1. The Bertz CT molecular complexity index is 244. The lowest BCUT2D eigenvalue weighted by molar-refractivity contribution is 0.273. The van der Waals surface area contributed by atoms with Gasteiger partial charge in [-0.2, -0.15) is 0 Å². The van der Waals surface area contributed by atoms with Gasteiger partial charge in [-0.3, -0.25) is 0 Å². The number of methoxy groups -OCH3 is 1. The molecule has 3 aliphatic rings. The van der Waals surface area contributed by atoms with Gasteiger partial charge in [-0.05, 0) is 61.3 Å². The summed E-state index contributed by atoms with van der Waals surface area (Å²) in [6, 6.07) is 0. The number of fused-ring (bicyclic) bond motifs is 5. The van der Waals surface area contributed by atoms with Crippen LogP contribution >= 0.6 is 0 Å². The van der Waals surface area contributed by atoms with Crippen molar-refractivity contribution in [1.29, 1.82) is 0 Å². The summed E-state index contributed by atoms with van der Waals surface area (Å²) in [5.41, 5.74) is 1.62. The van der Waals surface area contributed by atoms with E-state index in [1.165, 1.54) is 32.1 Å². The van der Waals surface area contributed by atoms with E-state index in [0.717, 1.165) is 23.7 Å². The first-order valence-corrected chi connectivity index (χ1v) is 5.62. The van der Waals surface area contributed by atoms with E-state index < -0.39 is 0 Å². The molecule has 0 saturated heterocycles. The summed E-state index contributed by atoms with van der Waals surface area (Å²) < 4.78 is 5.18. The van der Waals surface area contributed by atoms with Crippen molar-refractivity contribution in [2.24, 2.45) is 23.7 Å². The molecule has 13 heavy (non-hydrogen) atoms. The van der Waals surface area contributed by atoms with E-state index in [9.17, 15) is 0 Å². The molecule has 3 saturated carbocycles. The van der Waals surface area contributed by atoms with E-state index in [1.807, 2.05) is 6.26 Å². The Hall–Kier alpha value is -0.460. The Morgan fingerprint density at radius 2 is 2.08 bits per heavy atom. The molecule has 0 unspecified atom stereocenters. The highest BCUT2D eigenvalue weighted by Crippen LogP contribution is 2.60. The number of ether oxygens (including phenoxy) is 1. The maximum atomic E-state index is 5.18. The molecular formula is C12H18O. The molecular weight excluding hydrogens is 160 g/mol. The topological polar surface area (TPSA) is 9.23 Å². The Morgan fingerprint density at radius 1 is 1.23 bits per heavy atom. The summed E-state index contributed by atoms with van der Waals surface area (Å²) in [6.45, 7) is 0. The van der Waals surface area contributed by atoms with Gasteiger partial charge in [0, 0.05) is 0 Å². The molecule has 3 fully saturated rings. The van der Waals surface area contributed by atoms with E-state index in [0.29, 0.717) is 0 Å². The minimum absolute atomic E-state index is 0.929. The highest BCUT2D eigenvalue weighted by atomic mass is 16.5. The van der Waals surface area contributed by atoms with Crippen molar-refractivity contribution in [2.75, 3.05) is 7.11 Å². The van der Waals surface area contributed by atoms with E-state index in [1.54, 1.807) is 12.7 Å². The highest BCUT2D eigenvalue weighted by molar-refractivity contribution is 5.19. The summed E-state index contributed by atoms with van der Waals surface area (Å²) in [5, 5.41) is 0. The van der Waals surface area contributed by atoms with Gasteiger partial charge in [-0.1, -0.05) is 0 Å². The standard InChI is InChI=1S/C12H18O/c1-13-7-10-4-5-11-8-2-3-9(6-8)12(10)11/h7-9,11-12H,2-6H2,1H3/b10-7-/t8-,9+,11+,12+/m1/s1. The van der Waals surface area contributed by atoms with Crippen LogP contribution in [0.1, 0.15) is 32.1 Å². The smallest absolute Gasteiger partial charge is 0.0819 e. The van der Waals surface area contributed by atoms with Gasteiger partial charge in [0.1, 0.15) is 0 Å². The summed E-state index contributed by atoms with van der Waals surface area (Å²) in [5.74, 6) is 4.08.